The summed E-state index contributed by atoms with van der Waals surface area (Å²) in [6.45, 7) is 0.850. The van der Waals surface area contributed by atoms with E-state index in [0.717, 1.165) is 16.7 Å². The number of rotatable bonds is 3. The van der Waals surface area contributed by atoms with Gasteiger partial charge in [-0.05, 0) is 0 Å². The first-order chi connectivity index (χ1) is 5.58. The maximum atomic E-state index is 10.5. The van der Waals surface area contributed by atoms with Gasteiger partial charge in [-0.2, -0.15) is 0 Å². The monoisotopic (exact) mass is 226 g/mol. The largest absolute Gasteiger partial charge is 0.271 e. The standard InChI is InChI=1S/C5H10N2O2S3/c6-12(8,9)4-3-11-5-7-1-2-10-5/h1-4H2,(H2,6,8,9). The van der Waals surface area contributed by atoms with Gasteiger partial charge in [0.05, 0.1) is 12.3 Å². The second kappa shape index (κ2) is 4.50. The average Bonchev–Trinajstić information content (AvgIpc) is 2.36. The Morgan fingerprint density at radius 3 is 2.92 bits per heavy atom. The number of aliphatic imine (C=N–C) groups is 1. The van der Waals surface area contributed by atoms with Crippen LogP contribution in [0.2, 0.25) is 0 Å². The fraction of sp³-hybridized carbons (Fsp3) is 0.800. The number of hydrogen-bond acceptors (Lipinski definition) is 5. The molecule has 0 aliphatic carbocycles. The predicted molar refractivity (Wildman–Crippen MR) is 55.2 cm³/mol. The number of nitrogens with zero attached hydrogens (tertiary/aromatic N) is 1. The zero-order valence-electron chi connectivity index (χ0n) is 6.39. The van der Waals surface area contributed by atoms with Crippen LogP contribution in [0, 0.1) is 0 Å². The molecule has 0 atom stereocenters. The van der Waals surface area contributed by atoms with Crippen molar-refractivity contribution in [1.29, 1.82) is 0 Å². The van der Waals surface area contributed by atoms with Crippen LogP contribution >= 0.6 is 23.5 Å². The highest BCUT2D eigenvalue weighted by atomic mass is 32.2. The predicted octanol–water partition coefficient (Wildman–Crippen LogP) is 0.111. The molecule has 0 amide bonds. The molecule has 4 nitrogen and oxygen atoms in total. The molecule has 1 aliphatic heterocycles. The molecule has 0 unspecified atom stereocenters. The van der Waals surface area contributed by atoms with Gasteiger partial charge in [0, 0.05) is 11.5 Å². The highest BCUT2D eigenvalue weighted by Gasteiger charge is 2.09. The second-order valence-electron chi connectivity index (χ2n) is 2.21. The lowest BCUT2D eigenvalue weighted by Crippen LogP contribution is -2.18. The molecule has 1 rings (SSSR count). The molecular formula is C5H10N2O2S3. The third-order valence-electron chi connectivity index (χ3n) is 1.15. The molecule has 1 heterocycles. The molecule has 0 aromatic heterocycles. The molecule has 12 heavy (non-hydrogen) atoms. The fourth-order valence-corrected chi connectivity index (χ4v) is 3.64. The van der Waals surface area contributed by atoms with Crippen molar-refractivity contribution in [3.63, 3.8) is 0 Å². The fourth-order valence-electron chi connectivity index (χ4n) is 0.648. The van der Waals surface area contributed by atoms with Crippen molar-refractivity contribution < 1.29 is 8.42 Å². The van der Waals surface area contributed by atoms with E-state index in [-0.39, 0.29) is 5.75 Å². The number of nitrogens with two attached hydrogens (primary N) is 1. The van der Waals surface area contributed by atoms with Crippen LogP contribution < -0.4 is 5.14 Å². The first-order valence-electron chi connectivity index (χ1n) is 3.38. The molecule has 0 spiro atoms. The van der Waals surface area contributed by atoms with E-state index in [9.17, 15) is 8.42 Å². The maximum absolute atomic E-state index is 10.5. The van der Waals surface area contributed by atoms with Crippen LogP contribution in [0.5, 0.6) is 0 Å². The summed E-state index contributed by atoms with van der Waals surface area (Å²) in [6.07, 6.45) is 0. The topological polar surface area (TPSA) is 72.5 Å². The first kappa shape index (κ1) is 10.4. The van der Waals surface area contributed by atoms with Crippen molar-refractivity contribution in [1.82, 2.24) is 0 Å². The van der Waals surface area contributed by atoms with Crippen LogP contribution in [0.25, 0.3) is 0 Å². The molecule has 7 heteroatoms. The van der Waals surface area contributed by atoms with Crippen LogP contribution in [0.15, 0.2) is 4.99 Å². The minimum absolute atomic E-state index is 0.0250. The van der Waals surface area contributed by atoms with E-state index in [2.05, 4.69) is 4.99 Å². The molecule has 1 aliphatic rings. The van der Waals surface area contributed by atoms with Gasteiger partial charge in [0.1, 0.15) is 4.38 Å². The van der Waals surface area contributed by atoms with Crippen LogP contribution in [-0.2, 0) is 10.0 Å². The quantitative estimate of drug-likeness (QED) is 0.741. The van der Waals surface area contributed by atoms with E-state index >= 15 is 0 Å². The number of primary sulfonamides is 1. The smallest absolute Gasteiger partial charge is 0.209 e. The van der Waals surface area contributed by atoms with Crippen LogP contribution in [-0.4, -0.2) is 36.6 Å². The SMILES string of the molecule is NS(=O)(=O)CCSC1=NCCS1. The summed E-state index contributed by atoms with van der Waals surface area (Å²) in [5, 5.41) is 4.83. The van der Waals surface area contributed by atoms with Gasteiger partial charge in [0.2, 0.25) is 10.0 Å². The molecule has 0 aromatic carbocycles. The van der Waals surface area contributed by atoms with Gasteiger partial charge >= 0.3 is 0 Å². The Balaban J connectivity index is 2.18. The average molecular weight is 226 g/mol. The van der Waals surface area contributed by atoms with Crippen molar-refractivity contribution in [3.05, 3.63) is 0 Å². The van der Waals surface area contributed by atoms with E-state index in [1.54, 1.807) is 11.8 Å². The minimum atomic E-state index is -3.30. The van der Waals surface area contributed by atoms with Gasteiger partial charge in [-0.15, -0.1) is 0 Å². The Kier molecular flexibility index (Phi) is 3.88. The van der Waals surface area contributed by atoms with Gasteiger partial charge in [0.25, 0.3) is 0 Å². The van der Waals surface area contributed by atoms with Crippen molar-refractivity contribution in [2.75, 3.05) is 23.8 Å². The Morgan fingerprint density at radius 2 is 2.42 bits per heavy atom. The molecule has 0 radical (unpaired) electrons. The van der Waals surface area contributed by atoms with Crippen molar-refractivity contribution >= 4 is 37.9 Å². The van der Waals surface area contributed by atoms with Crippen molar-refractivity contribution in [2.24, 2.45) is 10.1 Å². The van der Waals surface area contributed by atoms with Gasteiger partial charge in [-0.25, -0.2) is 13.6 Å². The Morgan fingerprint density at radius 1 is 1.67 bits per heavy atom. The molecule has 2 N–H and O–H groups in total. The van der Waals surface area contributed by atoms with Crippen molar-refractivity contribution in [2.45, 2.75) is 0 Å². The highest BCUT2D eigenvalue weighted by Crippen LogP contribution is 2.21. The van der Waals surface area contributed by atoms with Crippen LogP contribution in [0.1, 0.15) is 0 Å². The molecule has 0 fully saturated rings. The molecule has 0 saturated carbocycles. The molecule has 0 saturated heterocycles. The maximum Gasteiger partial charge on any atom is 0.209 e. The lowest BCUT2D eigenvalue weighted by Gasteiger charge is -1.97. The van der Waals surface area contributed by atoms with E-state index in [0.29, 0.717) is 5.75 Å². The van der Waals surface area contributed by atoms with Crippen LogP contribution in [0.4, 0.5) is 0 Å². The molecule has 0 bridgehead atoms. The van der Waals surface area contributed by atoms with E-state index < -0.39 is 10.0 Å². The lowest BCUT2D eigenvalue weighted by molar-refractivity contribution is 0.599. The van der Waals surface area contributed by atoms with E-state index in [1.165, 1.54) is 11.8 Å². The summed E-state index contributed by atoms with van der Waals surface area (Å²) in [6, 6.07) is 0. The molecule has 70 valence electrons. The summed E-state index contributed by atoms with van der Waals surface area (Å²) in [5.74, 6) is 1.54. The summed E-state index contributed by atoms with van der Waals surface area (Å²) in [7, 11) is -3.30. The highest BCUT2D eigenvalue weighted by molar-refractivity contribution is 8.39. The van der Waals surface area contributed by atoms with Crippen LogP contribution in [0.3, 0.4) is 0 Å². The van der Waals surface area contributed by atoms with Gasteiger partial charge < -0.3 is 0 Å². The van der Waals surface area contributed by atoms with Gasteiger partial charge in [0.15, 0.2) is 0 Å². The summed E-state index contributed by atoms with van der Waals surface area (Å²) < 4.78 is 22.0. The normalized spacial score (nSPS) is 17.9. The second-order valence-corrected chi connectivity index (χ2v) is 6.37. The Labute approximate surface area is 80.4 Å². The lowest BCUT2D eigenvalue weighted by atomic mass is 10.8. The van der Waals surface area contributed by atoms with E-state index in [4.69, 9.17) is 5.14 Å². The van der Waals surface area contributed by atoms with Crippen molar-refractivity contribution in [3.8, 4) is 0 Å². The zero-order valence-corrected chi connectivity index (χ0v) is 8.84. The van der Waals surface area contributed by atoms with E-state index in [1.807, 2.05) is 0 Å². The number of hydrogen-bond donors (Lipinski definition) is 1. The summed E-state index contributed by atoms with van der Waals surface area (Å²) in [5.41, 5.74) is 0. The first-order valence-corrected chi connectivity index (χ1v) is 7.07. The van der Waals surface area contributed by atoms with Gasteiger partial charge in [-0.1, -0.05) is 23.5 Å². The molecule has 0 aromatic rings. The summed E-state index contributed by atoms with van der Waals surface area (Å²) in [4.78, 5) is 4.16. The van der Waals surface area contributed by atoms with Gasteiger partial charge in [-0.3, -0.25) is 4.99 Å². The number of thioether (sulfide) groups is 2. The molecular weight excluding hydrogens is 216 g/mol. The third-order valence-corrected chi connectivity index (χ3v) is 4.44. The zero-order chi connectivity index (χ0) is 9.03. The number of sulfonamides is 1. The Bertz CT molecular complexity index is 272. The Hall–Kier alpha value is 0.280. The minimum Gasteiger partial charge on any atom is -0.271 e. The summed E-state index contributed by atoms with van der Waals surface area (Å²) >= 11 is 3.13. The third kappa shape index (κ3) is 4.34.